The van der Waals surface area contributed by atoms with Gasteiger partial charge in [0.15, 0.2) is 0 Å². The molecule has 0 aliphatic rings. The van der Waals surface area contributed by atoms with Gasteiger partial charge in [0, 0.05) is 6.04 Å². The van der Waals surface area contributed by atoms with Gasteiger partial charge in [-0.05, 0) is 12.8 Å². The molecule has 0 aromatic carbocycles. The van der Waals surface area contributed by atoms with E-state index in [2.05, 4.69) is 4.72 Å². The maximum absolute atomic E-state index is 10.3. The van der Waals surface area contributed by atoms with Gasteiger partial charge in [-0.2, -0.15) is 13.1 Å². The Morgan fingerprint density at radius 2 is 2.00 bits per heavy atom. The summed E-state index contributed by atoms with van der Waals surface area (Å²) in [6, 6.07) is -0.130. The monoisotopic (exact) mass is 181 g/mol. The van der Waals surface area contributed by atoms with Crippen molar-refractivity contribution in [1.29, 1.82) is 0 Å². The van der Waals surface area contributed by atoms with Gasteiger partial charge in [0.25, 0.3) is 0 Å². The van der Waals surface area contributed by atoms with Crippen LogP contribution in [0.1, 0.15) is 33.1 Å². The first kappa shape index (κ1) is 10.9. The normalized spacial score (nSPS) is 14.8. The van der Waals surface area contributed by atoms with Crippen molar-refractivity contribution in [3.05, 3.63) is 0 Å². The molecule has 1 atom stereocenters. The summed E-state index contributed by atoms with van der Waals surface area (Å²) < 4.78 is 31.2. The van der Waals surface area contributed by atoms with E-state index in [1.807, 2.05) is 13.8 Å². The second kappa shape index (κ2) is 4.69. The second-order valence-corrected chi connectivity index (χ2v) is 3.67. The van der Waals surface area contributed by atoms with E-state index in [0.717, 1.165) is 12.8 Å². The van der Waals surface area contributed by atoms with Gasteiger partial charge in [-0.25, -0.2) is 0 Å². The second-order valence-electron chi connectivity index (χ2n) is 2.49. The van der Waals surface area contributed by atoms with Crippen LogP contribution in [0.15, 0.2) is 0 Å². The molecule has 0 radical (unpaired) electrons. The molecule has 0 spiro atoms. The van der Waals surface area contributed by atoms with Crippen LogP contribution in [0, 0.1) is 0 Å². The number of nitrogens with one attached hydrogen (secondary N) is 1. The number of hydrogen-bond donors (Lipinski definition) is 2. The van der Waals surface area contributed by atoms with Crippen molar-refractivity contribution in [2.45, 2.75) is 39.2 Å². The fraction of sp³-hybridized carbons (Fsp3) is 1.00. The highest BCUT2D eigenvalue weighted by molar-refractivity contribution is 7.83. The van der Waals surface area contributed by atoms with Gasteiger partial charge in [0.05, 0.1) is 0 Å². The summed E-state index contributed by atoms with van der Waals surface area (Å²) in [6.07, 6.45) is 2.37. The lowest BCUT2D eigenvalue weighted by Gasteiger charge is -2.12. The van der Waals surface area contributed by atoms with Gasteiger partial charge >= 0.3 is 10.3 Å². The van der Waals surface area contributed by atoms with Crippen molar-refractivity contribution in [2.75, 3.05) is 0 Å². The maximum Gasteiger partial charge on any atom is 0.333 e. The van der Waals surface area contributed by atoms with E-state index in [-0.39, 0.29) is 6.04 Å². The summed E-state index contributed by atoms with van der Waals surface area (Å²) >= 11 is 0. The Morgan fingerprint density at radius 1 is 1.45 bits per heavy atom. The molecule has 0 heterocycles. The van der Waals surface area contributed by atoms with E-state index in [4.69, 9.17) is 4.55 Å². The lowest BCUT2D eigenvalue weighted by atomic mass is 10.1. The average Bonchev–Trinajstić information content (AvgIpc) is 1.84. The van der Waals surface area contributed by atoms with E-state index in [1.54, 1.807) is 0 Å². The summed E-state index contributed by atoms with van der Waals surface area (Å²) in [4.78, 5) is 0. The van der Waals surface area contributed by atoms with E-state index < -0.39 is 10.3 Å². The smallest absolute Gasteiger partial charge is 0.273 e. The molecule has 0 bridgehead atoms. The molecule has 1 unspecified atom stereocenters. The Balaban J connectivity index is 3.88. The van der Waals surface area contributed by atoms with Crippen molar-refractivity contribution in [3.63, 3.8) is 0 Å². The predicted octanol–water partition coefficient (Wildman–Crippen LogP) is 0.958. The van der Waals surface area contributed by atoms with Crippen molar-refractivity contribution < 1.29 is 13.0 Å². The topological polar surface area (TPSA) is 66.4 Å². The molecule has 0 saturated heterocycles. The first-order chi connectivity index (χ1) is 4.99. The van der Waals surface area contributed by atoms with E-state index in [0.29, 0.717) is 6.42 Å². The Morgan fingerprint density at radius 3 is 2.27 bits per heavy atom. The molecule has 2 N–H and O–H groups in total. The summed E-state index contributed by atoms with van der Waals surface area (Å²) in [6.45, 7) is 3.84. The first-order valence-electron chi connectivity index (χ1n) is 3.74. The third kappa shape index (κ3) is 6.28. The average molecular weight is 181 g/mol. The van der Waals surface area contributed by atoms with Crippen molar-refractivity contribution in [3.8, 4) is 0 Å². The lowest BCUT2D eigenvalue weighted by Crippen LogP contribution is -2.33. The Bertz CT molecular complexity index is 188. The fourth-order valence-electron chi connectivity index (χ4n) is 0.905. The molecule has 0 aromatic heterocycles. The zero-order valence-electron chi connectivity index (χ0n) is 6.87. The van der Waals surface area contributed by atoms with Gasteiger partial charge in [-0.1, -0.05) is 20.3 Å². The number of hydrogen-bond acceptors (Lipinski definition) is 2. The van der Waals surface area contributed by atoms with Crippen LogP contribution in [-0.2, 0) is 10.3 Å². The Hall–Kier alpha value is -0.130. The van der Waals surface area contributed by atoms with E-state index >= 15 is 0 Å². The van der Waals surface area contributed by atoms with Crippen LogP contribution in [0.25, 0.3) is 0 Å². The molecule has 0 aliphatic carbocycles. The van der Waals surface area contributed by atoms with Crippen molar-refractivity contribution in [1.82, 2.24) is 4.72 Å². The molecular formula is C6H15NO3S. The molecule has 68 valence electrons. The summed E-state index contributed by atoms with van der Waals surface area (Å²) in [7, 11) is -4.01. The summed E-state index contributed by atoms with van der Waals surface area (Å²) in [5, 5.41) is 0. The molecule has 0 fully saturated rings. The molecule has 0 amide bonds. The van der Waals surface area contributed by atoms with Crippen molar-refractivity contribution >= 4 is 10.3 Å². The quantitative estimate of drug-likeness (QED) is 0.621. The lowest BCUT2D eigenvalue weighted by molar-refractivity contribution is 0.438. The predicted molar refractivity (Wildman–Crippen MR) is 43.7 cm³/mol. The standard InChI is InChI=1S/C6H15NO3S/c1-3-5-6(4-2)7-11(8,9)10/h6-7H,3-5H2,1-2H3,(H,8,9,10). The van der Waals surface area contributed by atoms with Gasteiger partial charge in [-0.15, -0.1) is 0 Å². The molecule has 0 saturated carbocycles. The van der Waals surface area contributed by atoms with Gasteiger partial charge in [-0.3, -0.25) is 4.55 Å². The zero-order valence-corrected chi connectivity index (χ0v) is 7.69. The van der Waals surface area contributed by atoms with Crippen LogP contribution >= 0.6 is 0 Å². The van der Waals surface area contributed by atoms with Gasteiger partial charge in [0.1, 0.15) is 0 Å². The Labute approximate surface area is 67.9 Å². The molecule has 5 heteroatoms. The van der Waals surface area contributed by atoms with E-state index in [9.17, 15) is 8.42 Å². The van der Waals surface area contributed by atoms with E-state index in [1.165, 1.54) is 0 Å². The van der Waals surface area contributed by atoms with Crippen LogP contribution < -0.4 is 4.72 Å². The minimum atomic E-state index is -4.01. The fourth-order valence-corrected chi connectivity index (χ4v) is 1.61. The minimum absolute atomic E-state index is 0.130. The summed E-state index contributed by atoms with van der Waals surface area (Å²) in [5.41, 5.74) is 0. The van der Waals surface area contributed by atoms with Crippen LogP contribution in [0.5, 0.6) is 0 Å². The van der Waals surface area contributed by atoms with Gasteiger partial charge in [0.2, 0.25) is 0 Å². The highest BCUT2D eigenvalue weighted by atomic mass is 32.2. The van der Waals surface area contributed by atoms with Crippen LogP contribution in [0.4, 0.5) is 0 Å². The molecular weight excluding hydrogens is 166 g/mol. The zero-order chi connectivity index (χ0) is 8.91. The van der Waals surface area contributed by atoms with Gasteiger partial charge < -0.3 is 0 Å². The van der Waals surface area contributed by atoms with Crippen molar-refractivity contribution in [2.24, 2.45) is 0 Å². The van der Waals surface area contributed by atoms with Crippen LogP contribution in [-0.4, -0.2) is 19.0 Å². The Kier molecular flexibility index (Phi) is 4.63. The third-order valence-electron chi connectivity index (χ3n) is 1.45. The molecule has 4 nitrogen and oxygen atoms in total. The first-order valence-corrected chi connectivity index (χ1v) is 5.18. The molecule has 0 aromatic rings. The molecule has 0 aliphatic heterocycles. The minimum Gasteiger partial charge on any atom is -0.273 e. The van der Waals surface area contributed by atoms with Crippen LogP contribution in [0.2, 0.25) is 0 Å². The highest BCUT2D eigenvalue weighted by Gasteiger charge is 2.11. The number of rotatable bonds is 5. The highest BCUT2D eigenvalue weighted by Crippen LogP contribution is 2.01. The maximum atomic E-state index is 10.3. The SMILES string of the molecule is CCCC(CC)NS(=O)(=O)O. The third-order valence-corrected chi connectivity index (χ3v) is 2.08. The van der Waals surface area contributed by atoms with Crippen LogP contribution in [0.3, 0.4) is 0 Å². The largest absolute Gasteiger partial charge is 0.333 e. The summed E-state index contributed by atoms with van der Waals surface area (Å²) in [5.74, 6) is 0. The molecule has 0 rings (SSSR count). The molecule has 11 heavy (non-hydrogen) atoms.